The Morgan fingerprint density at radius 2 is 2.05 bits per heavy atom. The highest BCUT2D eigenvalue weighted by Gasteiger charge is 2.32. The van der Waals surface area contributed by atoms with E-state index in [9.17, 15) is 5.11 Å². The highest BCUT2D eigenvalue weighted by Crippen LogP contribution is 2.39. The standard InChI is InChI=1S/C16H24O4/c1-16(17,11-15(18-2)19-3)10-12-8-9-20-14-7-5-4-6-13(12)14/h4-7,12,15,17H,8-11H2,1-3H3. The second-order valence-corrected chi connectivity index (χ2v) is 5.68. The molecule has 0 fully saturated rings. The van der Waals surface area contributed by atoms with Crippen molar-refractivity contribution in [3.63, 3.8) is 0 Å². The summed E-state index contributed by atoms with van der Waals surface area (Å²) in [6.45, 7) is 2.55. The minimum Gasteiger partial charge on any atom is -0.493 e. The number of fused-ring (bicyclic) bond motifs is 1. The number of hydrogen-bond acceptors (Lipinski definition) is 4. The summed E-state index contributed by atoms with van der Waals surface area (Å²) in [7, 11) is 3.18. The van der Waals surface area contributed by atoms with Crippen molar-refractivity contribution in [2.24, 2.45) is 0 Å². The molecule has 1 aromatic rings. The van der Waals surface area contributed by atoms with Crippen molar-refractivity contribution in [1.82, 2.24) is 0 Å². The largest absolute Gasteiger partial charge is 0.493 e. The minimum absolute atomic E-state index is 0.310. The zero-order valence-corrected chi connectivity index (χ0v) is 12.5. The molecule has 0 amide bonds. The summed E-state index contributed by atoms with van der Waals surface area (Å²) in [4.78, 5) is 0. The number of aliphatic hydroxyl groups is 1. The molecule has 20 heavy (non-hydrogen) atoms. The van der Waals surface area contributed by atoms with Gasteiger partial charge in [-0.25, -0.2) is 0 Å². The summed E-state index contributed by atoms with van der Waals surface area (Å²) in [5, 5.41) is 10.6. The van der Waals surface area contributed by atoms with Crippen molar-refractivity contribution in [1.29, 1.82) is 0 Å². The van der Waals surface area contributed by atoms with Crippen LogP contribution in [0.25, 0.3) is 0 Å². The van der Waals surface area contributed by atoms with E-state index in [0.29, 0.717) is 25.4 Å². The highest BCUT2D eigenvalue weighted by molar-refractivity contribution is 5.37. The maximum absolute atomic E-state index is 10.6. The zero-order chi connectivity index (χ0) is 14.6. The summed E-state index contributed by atoms with van der Waals surface area (Å²) >= 11 is 0. The second-order valence-electron chi connectivity index (χ2n) is 5.68. The Labute approximate surface area is 120 Å². The van der Waals surface area contributed by atoms with E-state index in [1.54, 1.807) is 14.2 Å². The molecular weight excluding hydrogens is 256 g/mol. The van der Waals surface area contributed by atoms with Crippen LogP contribution < -0.4 is 4.74 Å². The SMILES string of the molecule is COC(CC(C)(O)CC1CCOc2ccccc21)OC. The van der Waals surface area contributed by atoms with Crippen LogP contribution in [-0.2, 0) is 9.47 Å². The number of para-hydroxylation sites is 1. The summed E-state index contributed by atoms with van der Waals surface area (Å²) in [5.41, 5.74) is 0.358. The Bertz CT molecular complexity index is 426. The first-order valence-corrected chi connectivity index (χ1v) is 7.05. The lowest BCUT2D eigenvalue weighted by molar-refractivity contribution is -0.142. The molecule has 2 rings (SSSR count). The van der Waals surface area contributed by atoms with Crippen LogP contribution in [0, 0.1) is 0 Å². The van der Waals surface area contributed by atoms with Gasteiger partial charge in [-0.05, 0) is 37.3 Å². The summed E-state index contributed by atoms with van der Waals surface area (Å²) in [6, 6.07) is 8.07. The fraction of sp³-hybridized carbons (Fsp3) is 0.625. The first kappa shape index (κ1) is 15.3. The monoisotopic (exact) mass is 280 g/mol. The van der Waals surface area contributed by atoms with E-state index in [1.807, 2.05) is 25.1 Å². The average Bonchev–Trinajstić information content (AvgIpc) is 2.45. The van der Waals surface area contributed by atoms with Gasteiger partial charge >= 0.3 is 0 Å². The number of methoxy groups -OCH3 is 2. The predicted molar refractivity (Wildman–Crippen MR) is 77.0 cm³/mol. The molecule has 0 radical (unpaired) electrons. The number of benzene rings is 1. The van der Waals surface area contributed by atoms with E-state index in [0.717, 1.165) is 12.2 Å². The van der Waals surface area contributed by atoms with Crippen LogP contribution in [-0.4, -0.2) is 37.8 Å². The molecule has 112 valence electrons. The normalized spacial score (nSPS) is 21.1. The van der Waals surface area contributed by atoms with Crippen LogP contribution in [0.1, 0.15) is 37.7 Å². The first-order chi connectivity index (χ1) is 9.55. The summed E-state index contributed by atoms with van der Waals surface area (Å²) in [5.74, 6) is 1.25. The van der Waals surface area contributed by atoms with Crippen LogP contribution in [0.2, 0.25) is 0 Å². The van der Waals surface area contributed by atoms with Crippen molar-refractivity contribution in [3.8, 4) is 5.75 Å². The van der Waals surface area contributed by atoms with Crippen LogP contribution >= 0.6 is 0 Å². The van der Waals surface area contributed by atoms with E-state index >= 15 is 0 Å². The molecule has 0 spiro atoms. The molecule has 0 saturated heterocycles. The molecule has 0 aromatic heterocycles. The number of rotatable bonds is 6. The van der Waals surface area contributed by atoms with E-state index in [-0.39, 0.29) is 6.29 Å². The van der Waals surface area contributed by atoms with E-state index < -0.39 is 5.60 Å². The second kappa shape index (κ2) is 6.57. The third-order valence-corrected chi connectivity index (χ3v) is 3.90. The van der Waals surface area contributed by atoms with E-state index in [2.05, 4.69) is 6.07 Å². The number of hydrogen-bond donors (Lipinski definition) is 1. The maximum atomic E-state index is 10.6. The molecule has 1 heterocycles. The van der Waals surface area contributed by atoms with Crippen molar-refractivity contribution in [2.75, 3.05) is 20.8 Å². The van der Waals surface area contributed by atoms with Gasteiger partial charge in [-0.15, -0.1) is 0 Å². The molecule has 2 atom stereocenters. The molecule has 1 aliphatic rings. The smallest absolute Gasteiger partial charge is 0.159 e. The van der Waals surface area contributed by atoms with Crippen molar-refractivity contribution in [3.05, 3.63) is 29.8 Å². The van der Waals surface area contributed by atoms with Gasteiger partial charge in [-0.3, -0.25) is 0 Å². The maximum Gasteiger partial charge on any atom is 0.159 e. The Balaban J connectivity index is 2.06. The van der Waals surface area contributed by atoms with Crippen LogP contribution in [0.4, 0.5) is 0 Å². The third-order valence-electron chi connectivity index (χ3n) is 3.90. The third kappa shape index (κ3) is 3.72. The van der Waals surface area contributed by atoms with Gasteiger partial charge in [0.05, 0.1) is 12.2 Å². The average molecular weight is 280 g/mol. The van der Waals surface area contributed by atoms with Gasteiger partial charge in [-0.1, -0.05) is 18.2 Å². The van der Waals surface area contributed by atoms with Crippen molar-refractivity contribution >= 4 is 0 Å². The first-order valence-electron chi connectivity index (χ1n) is 7.05. The molecular formula is C16H24O4. The van der Waals surface area contributed by atoms with Crippen molar-refractivity contribution < 1.29 is 19.3 Å². The van der Waals surface area contributed by atoms with Gasteiger partial charge in [0.1, 0.15) is 5.75 Å². The van der Waals surface area contributed by atoms with Gasteiger partial charge in [0.15, 0.2) is 6.29 Å². The molecule has 4 heteroatoms. The molecule has 0 aliphatic carbocycles. The predicted octanol–water partition coefficient (Wildman–Crippen LogP) is 2.70. The van der Waals surface area contributed by atoms with Gasteiger partial charge in [-0.2, -0.15) is 0 Å². The summed E-state index contributed by atoms with van der Waals surface area (Å²) < 4.78 is 16.0. The molecule has 1 aliphatic heterocycles. The quantitative estimate of drug-likeness (QED) is 0.814. The highest BCUT2D eigenvalue weighted by atomic mass is 16.7. The topological polar surface area (TPSA) is 47.9 Å². The summed E-state index contributed by atoms with van der Waals surface area (Å²) in [6.07, 6.45) is 1.69. The van der Waals surface area contributed by atoms with E-state index in [4.69, 9.17) is 14.2 Å². The van der Waals surface area contributed by atoms with Crippen LogP contribution in [0.5, 0.6) is 5.75 Å². The van der Waals surface area contributed by atoms with Crippen molar-refractivity contribution in [2.45, 2.75) is 44.0 Å². The Hall–Kier alpha value is -1.10. The Kier molecular flexibility index (Phi) is 5.02. The van der Waals surface area contributed by atoms with Gasteiger partial charge in [0, 0.05) is 20.6 Å². The van der Waals surface area contributed by atoms with Crippen LogP contribution in [0.3, 0.4) is 0 Å². The Morgan fingerprint density at radius 3 is 2.75 bits per heavy atom. The van der Waals surface area contributed by atoms with E-state index in [1.165, 1.54) is 5.56 Å². The molecule has 0 bridgehead atoms. The fourth-order valence-electron chi connectivity index (χ4n) is 2.86. The molecule has 0 saturated carbocycles. The lowest BCUT2D eigenvalue weighted by atomic mass is 9.82. The molecule has 4 nitrogen and oxygen atoms in total. The minimum atomic E-state index is -0.828. The lowest BCUT2D eigenvalue weighted by Gasteiger charge is -2.33. The van der Waals surface area contributed by atoms with Gasteiger partial charge < -0.3 is 19.3 Å². The van der Waals surface area contributed by atoms with Gasteiger partial charge in [0.25, 0.3) is 0 Å². The molecule has 2 unspecified atom stereocenters. The zero-order valence-electron chi connectivity index (χ0n) is 12.5. The lowest BCUT2D eigenvalue weighted by Crippen LogP contribution is -2.34. The van der Waals surface area contributed by atoms with Crippen LogP contribution in [0.15, 0.2) is 24.3 Å². The molecule has 1 N–H and O–H groups in total. The van der Waals surface area contributed by atoms with Gasteiger partial charge in [0.2, 0.25) is 0 Å². The Morgan fingerprint density at radius 1 is 1.35 bits per heavy atom. The molecule has 1 aromatic carbocycles. The fourth-order valence-corrected chi connectivity index (χ4v) is 2.86. The number of ether oxygens (including phenoxy) is 3.